The van der Waals surface area contributed by atoms with Crippen LogP contribution in [0.2, 0.25) is 0 Å². The van der Waals surface area contributed by atoms with Crippen molar-refractivity contribution in [3.63, 3.8) is 0 Å². The zero-order chi connectivity index (χ0) is 14.1. The predicted octanol–water partition coefficient (Wildman–Crippen LogP) is -1.72. The third kappa shape index (κ3) is 3.49. The summed E-state index contributed by atoms with van der Waals surface area (Å²) < 4.78 is 47.7. The standard InChI is InChI=1S/C12H11NO4S2.Na.H/c13-19(16,17)12-9-5-4-8-11(12)18(14,15)10-6-2-1-3-7-10;;/h1-9H,(H2,13,16,17);;/q;+1;-1. The van der Waals surface area contributed by atoms with Crippen LogP contribution in [-0.2, 0) is 19.9 Å². The molecule has 0 spiro atoms. The molecule has 0 saturated carbocycles. The summed E-state index contributed by atoms with van der Waals surface area (Å²) in [6, 6.07) is 12.9. The Kier molecular flexibility index (Phi) is 5.54. The van der Waals surface area contributed by atoms with Gasteiger partial charge in [0.2, 0.25) is 19.9 Å². The fourth-order valence-electron chi connectivity index (χ4n) is 1.63. The summed E-state index contributed by atoms with van der Waals surface area (Å²) >= 11 is 0. The summed E-state index contributed by atoms with van der Waals surface area (Å²) in [5, 5.41) is 5.04. The van der Waals surface area contributed by atoms with Gasteiger partial charge >= 0.3 is 29.6 Å². The molecule has 0 atom stereocenters. The average molecular weight is 321 g/mol. The van der Waals surface area contributed by atoms with E-state index in [1.165, 1.54) is 36.4 Å². The average Bonchev–Trinajstić information content (AvgIpc) is 2.39. The first kappa shape index (κ1) is 17.4. The molecule has 0 radical (unpaired) electrons. The maximum Gasteiger partial charge on any atom is 1.00 e. The van der Waals surface area contributed by atoms with Crippen LogP contribution in [0.1, 0.15) is 1.43 Å². The Morgan fingerprint density at radius 1 is 0.750 bits per heavy atom. The van der Waals surface area contributed by atoms with E-state index in [9.17, 15) is 16.8 Å². The molecule has 2 aromatic rings. The Labute approximate surface area is 141 Å². The minimum absolute atomic E-state index is 0. The molecule has 0 saturated heterocycles. The molecule has 0 aromatic heterocycles. The molecular formula is C12H12NNaO4S2. The van der Waals surface area contributed by atoms with Gasteiger partial charge in [0.15, 0.2) is 0 Å². The first-order chi connectivity index (χ1) is 8.83. The molecule has 20 heavy (non-hydrogen) atoms. The molecule has 102 valence electrons. The van der Waals surface area contributed by atoms with Crippen LogP contribution < -0.4 is 34.7 Å². The van der Waals surface area contributed by atoms with E-state index in [4.69, 9.17) is 5.14 Å². The second-order valence-electron chi connectivity index (χ2n) is 3.81. The molecule has 2 rings (SSSR count). The van der Waals surface area contributed by atoms with Crippen LogP contribution in [0.15, 0.2) is 69.3 Å². The maximum absolute atomic E-state index is 12.4. The molecule has 0 heterocycles. The van der Waals surface area contributed by atoms with E-state index in [1.807, 2.05) is 0 Å². The Morgan fingerprint density at radius 2 is 1.20 bits per heavy atom. The van der Waals surface area contributed by atoms with Crippen molar-refractivity contribution < 1.29 is 47.8 Å². The number of sulfonamides is 1. The number of nitrogens with two attached hydrogens (primary N) is 1. The quantitative estimate of drug-likeness (QED) is 0.681. The van der Waals surface area contributed by atoms with Crippen LogP contribution in [0.4, 0.5) is 0 Å². The van der Waals surface area contributed by atoms with E-state index in [0.29, 0.717) is 0 Å². The van der Waals surface area contributed by atoms with E-state index in [2.05, 4.69) is 0 Å². The molecule has 2 aromatic carbocycles. The summed E-state index contributed by atoms with van der Waals surface area (Å²) in [5.41, 5.74) is 0. The van der Waals surface area contributed by atoms with Gasteiger partial charge < -0.3 is 1.43 Å². The SMILES string of the molecule is NS(=O)(=O)c1ccccc1S(=O)(=O)c1ccccc1.[H-].[Na+]. The topological polar surface area (TPSA) is 94.3 Å². The zero-order valence-electron chi connectivity index (χ0n) is 11.7. The smallest absolute Gasteiger partial charge is 1.00 e. The molecule has 2 N–H and O–H groups in total. The molecule has 0 aliphatic carbocycles. The Bertz CT molecular complexity index is 808. The summed E-state index contributed by atoms with van der Waals surface area (Å²) in [6.07, 6.45) is 0. The molecule has 0 bridgehead atoms. The largest absolute Gasteiger partial charge is 1.00 e. The van der Waals surface area contributed by atoms with Gasteiger partial charge in [0, 0.05) is 0 Å². The van der Waals surface area contributed by atoms with Crippen molar-refractivity contribution in [3.05, 3.63) is 54.6 Å². The van der Waals surface area contributed by atoms with Gasteiger partial charge in [0.1, 0.15) is 4.90 Å². The van der Waals surface area contributed by atoms with Crippen molar-refractivity contribution >= 4 is 19.9 Å². The summed E-state index contributed by atoms with van der Waals surface area (Å²) in [5.74, 6) is 0. The van der Waals surface area contributed by atoms with Crippen molar-refractivity contribution in [2.24, 2.45) is 5.14 Å². The number of primary sulfonamides is 1. The van der Waals surface area contributed by atoms with Crippen LogP contribution in [0.5, 0.6) is 0 Å². The van der Waals surface area contributed by atoms with E-state index in [-0.39, 0.29) is 40.8 Å². The fraction of sp³-hybridized carbons (Fsp3) is 0. The van der Waals surface area contributed by atoms with Gasteiger partial charge in [-0.05, 0) is 24.3 Å². The Balaban J connectivity index is 0.00000200. The molecule has 0 aliphatic rings. The monoisotopic (exact) mass is 321 g/mol. The van der Waals surface area contributed by atoms with Crippen molar-refractivity contribution in [1.29, 1.82) is 0 Å². The van der Waals surface area contributed by atoms with Crippen molar-refractivity contribution in [2.45, 2.75) is 14.7 Å². The van der Waals surface area contributed by atoms with Gasteiger partial charge in [0.25, 0.3) is 0 Å². The summed E-state index contributed by atoms with van der Waals surface area (Å²) in [6.45, 7) is 0. The van der Waals surface area contributed by atoms with Gasteiger partial charge in [0.05, 0.1) is 9.79 Å². The van der Waals surface area contributed by atoms with Gasteiger partial charge in [-0.15, -0.1) is 0 Å². The first-order valence-electron chi connectivity index (χ1n) is 5.25. The van der Waals surface area contributed by atoms with Gasteiger partial charge in [-0.1, -0.05) is 30.3 Å². The molecule has 0 unspecified atom stereocenters. The minimum Gasteiger partial charge on any atom is -1.00 e. The van der Waals surface area contributed by atoms with E-state index in [0.717, 1.165) is 0 Å². The minimum atomic E-state index is -4.10. The van der Waals surface area contributed by atoms with E-state index < -0.39 is 24.8 Å². The third-order valence-corrected chi connectivity index (χ3v) is 5.42. The molecule has 8 heteroatoms. The number of rotatable bonds is 3. The predicted molar refractivity (Wildman–Crippen MR) is 70.8 cm³/mol. The second-order valence-corrected chi connectivity index (χ2v) is 7.26. The molecule has 0 fully saturated rings. The van der Waals surface area contributed by atoms with Gasteiger partial charge in [-0.25, -0.2) is 22.0 Å². The normalized spacial score (nSPS) is 11.7. The number of benzene rings is 2. The van der Waals surface area contributed by atoms with Crippen LogP contribution in [0, 0.1) is 0 Å². The van der Waals surface area contributed by atoms with E-state index in [1.54, 1.807) is 18.2 Å². The first-order valence-corrected chi connectivity index (χ1v) is 8.28. The van der Waals surface area contributed by atoms with Crippen LogP contribution in [-0.4, -0.2) is 16.8 Å². The van der Waals surface area contributed by atoms with Crippen molar-refractivity contribution in [2.75, 3.05) is 0 Å². The third-order valence-electron chi connectivity index (χ3n) is 2.50. The van der Waals surface area contributed by atoms with Gasteiger partial charge in [-0.2, -0.15) is 0 Å². The molecule has 0 amide bonds. The number of hydrogen-bond acceptors (Lipinski definition) is 4. The fourth-order valence-corrected chi connectivity index (χ4v) is 4.29. The van der Waals surface area contributed by atoms with Crippen molar-refractivity contribution in [3.8, 4) is 0 Å². The second kappa shape index (κ2) is 6.38. The Morgan fingerprint density at radius 3 is 1.70 bits per heavy atom. The summed E-state index contributed by atoms with van der Waals surface area (Å²) in [7, 11) is -8.02. The summed E-state index contributed by atoms with van der Waals surface area (Å²) in [4.78, 5) is -0.700. The van der Waals surface area contributed by atoms with Crippen LogP contribution >= 0.6 is 0 Å². The molecule has 0 aliphatic heterocycles. The van der Waals surface area contributed by atoms with Crippen LogP contribution in [0.25, 0.3) is 0 Å². The molecular weight excluding hydrogens is 309 g/mol. The van der Waals surface area contributed by atoms with Gasteiger partial charge in [-0.3, -0.25) is 0 Å². The van der Waals surface area contributed by atoms with Crippen LogP contribution in [0.3, 0.4) is 0 Å². The van der Waals surface area contributed by atoms with E-state index >= 15 is 0 Å². The maximum atomic E-state index is 12.4. The number of hydrogen-bond donors (Lipinski definition) is 1. The Hall–Kier alpha value is -0.700. The number of sulfone groups is 1. The zero-order valence-corrected chi connectivity index (χ0v) is 14.4. The molecule has 5 nitrogen and oxygen atoms in total. The van der Waals surface area contributed by atoms with Crippen molar-refractivity contribution in [1.82, 2.24) is 0 Å².